The van der Waals surface area contributed by atoms with Crippen molar-refractivity contribution >= 4 is 33.2 Å². The number of hydrogen-bond donors (Lipinski definition) is 1. The summed E-state index contributed by atoms with van der Waals surface area (Å²) < 4.78 is 63.2. The molecular formula is C14H15ClF3N3O5S. The SMILES string of the molecule is Cc1c(Cl)cc(S(=O)(=O)N2CCCC2C(=O)NCC(F)(F)F)cc1[N+](=O)[O-]. The molecule has 1 aromatic carbocycles. The molecule has 1 amide bonds. The van der Waals surface area contributed by atoms with Gasteiger partial charge >= 0.3 is 6.18 Å². The van der Waals surface area contributed by atoms with Crippen molar-refractivity contribution in [1.82, 2.24) is 9.62 Å². The molecule has 1 unspecified atom stereocenters. The molecule has 0 saturated carbocycles. The molecule has 0 spiro atoms. The van der Waals surface area contributed by atoms with E-state index in [-0.39, 0.29) is 30.0 Å². The van der Waals surface area contributed by atoms with Gasteiger partial charge in [0.2, 0.25) is 15.9 Å². The fourth-order valence-electron chi connectivity index (χ4n) is 2.71. The monoisotopic (exact) mass is 429 g/mol. The molecule has 0 radical (unpaired) electrons. The van der Waals surface area contributed by atoms with Gasteiger partial charge in [0.1, 0.15) is 12.6 Å². The topological polar surface area (TPSA) is 110 Å². The van der Waals surface area contributed by atoms with Crippen molar-refractivity contribution < 1.29 is 31.3 Å². The molecule has 1 aromatic rings. The number of carbonyl (C=O) groups is 1. The number of amides is 1. The second-order valence-corrected chi connectivity index (χ2v) is 8.21. The van der Waals surface area contributed by atoms with Crippen LogP contribution >= 0.6 is 11.6 Å². The van der Waals surface area contributed by atoms with Crippen LogP contribution in [0.25, 0.3) is 0 Å². The molecule has 1 heterocycles. The molecule has 0 aromatic heterocycles. The van der Waals surface area contributed by atoms with Gasteiger partial charge in [-0.3, -0.25) is 14.9 Å². The predicted octanol–water partition coefficient (Wildman–Crippen LogP) is 2.39. The maximum atomic E-state index is 12.8. The molecule has 1 N–H and O–H groups in total. The summed E-state index contributed by atoms with van der Waals surface area (Å²) in [5.74, 6) is -1.08. The van der Waals surface area contributed by atoms with Gasteiger partial charge in [-0.2, -0.15) is 17.5 Å². The summed E-state index contributed by atoms with van der Waals surface area (Å²) in [6.07, 6.45) is -4.35. The van der Waals surface area contributed by atoms with Crippen molar-refractivity contribution in [1.29, 1.82) is 0 Å². The summed E-state index contributed by atoms with van der Waals surface area (Å²) in [7, 11) is -4.38. The minimum absolute atomic E-state index is 0.0323. The molecule has 2 rings (SSSR count). The zero-order valence-corrected chi connectivity index (χ0v) is 15.5. The Morgan fingerprint density at radius 3 is 2.63 bits per heavy atom. The van der Waals surface area contributed by atoms with Gasteiger partial charge in [-0.05, 0) is 25.8 Å². The van der Waals surface area contributed by atoms with Gasteiger partial charge in [0.25, 0.3) is 5.69 Å². The first-order chi connectivity index (χ1) is 12.3. The Morgan fingerprint density at radius 2 is 2.07 bits per heavy atom. The minimum atomic E-state index is -4.64. The Bertz CT molecular complexity index is 875. The van der Waals surface area contributed by atoms with Gasteiger partial charge in [-0.1, -0.05) is 11.6 Å². The fourth-order valence-corrected chi connectivity index (χ4v) is 4.69. The van der Waals surface area contributed by atoms with Crippen molar-refractivity contribution in [2.75, 3.05) is 13.1 Å². The number of nitro benzene ring substituents is 1. The van der Waals surface area contributed by atoms with E-state index in [0.29, 0.717) is 0 Å². The Morgan fingerprint density at radius 1 is 1.44 bits per heavy atom. The Hall–Kier alpha value is -1.92. The van der Waals surface area contributed by atoms with Gasteiger partial charge in [0.15, 0.2) is 0 Å². The summed E-state index contributed by atoms with van der Waals surface area (Å²) in [5, 5.41) is 12.6. The second kappa shape index (κ2) is 7.60. The van der Waals surface area contributed by atoms with Crippen LogP contribution in [0.4, 0.5) is 18.9 Å². The number of nitrogens with zero attached hydrogens (tertiary/aromatic N) is 2. The number of sulfonamides is 1. The van der Waals surface area contributed by atoms with E-state index in [1.54, 1.807) is 5.32 Å². The fraction of sp³-hybridized carbons (Fsp3) is 0.500. The molecule has 1 aliphatic rings. The van der Waals surface area contributed by atoms with Crippen molar-refractivity contribution in [3.05, 3.63) is 32.8 Å². The highest BCUT2D eigenvalue weighted by molar-refractivity contribution is 7.89. The molecule has 1 atom stereocenters. The average molecular weight is 430 g/mol. The van der Waals surface area contributed by atoms with Crippen LogP contribution in [0.15, 0.2) is 17.0 Å². The third kappa shape index (κ3) is 4.68. The normalized spacial score (nSPS) is 18.5. The first-order valence-corrected chi connectivity index (χ1v) is 9.47. The van der Waals surface area contributed by atoms with Crippen molar-refractivity contribution in [2.45, 2.75) is 36.9 Å². The number of rotatable bonds is 5. The number of hydrogen-bond acceptors (Lipinski definition) is 5. The quantitative estimate of drug-likeness (QED) is 0.571. The summed E-state index contributed by atoms with van der Waals surface area (Å²) in [6, 6.07) is 0.498. The van der Waals surface area contributed by atoms with Crippen LogP contribution in [0.1, 0.15) is 18.4 Å². The third-order valence-electron chi connectivity index (χ3n) is 4.06. The lowest BCUT2D eigenvalue weighted by Crippen LogP contribution is -2.47. The van der Waals surface area contributed by atoms with E-state index in [4.69, 9.17) is 11.6 Å². The average Bonchev–Trinajstić information content (AvgIpc) is 3.04. The predicted molar refractivity (Wildman–Crippen MR) is 88.8 cm³/mol. The van der Waals surface area contributed by atoms with E-state index in [9.17, 15) is 36.5 Å². The van der Waals surface area contributed by atoms with Crippen molar-refractivity contribution in [2.24, 2.45) is 0 Å². The lowest BCUT2D eigenvalue weighted by Gasteiger charge is -2.23. The van der Waals surface area contributed by atoms with Crippen LogP contribution in [0.2, 0.25) is 5.02 Å². The Balaban J connectivity index is 2.35. The largest absolute Gasteiger partial charge is 0.405 e. The van der Waals surface area contributed by atoms with E-state index in [0.717, 1.165) is 16.4 Å². The van der Waals surface area contributed by atoms with E-state index in [1.165, 1.54) is 6.92 Å². The first kappa shape index (κ1) is 21.4. The van der Waals surface area contributed by atoms with Gasteiger partial charge in [0, 0.05) is 18.2 Å². The van der Waals surface area contributed by atoms with E-state index in [2.05, 4.69) is 0 Å². The number of halogens is 4. The summed E-state index contributed by atoms with van der Waals surface area (Å²) >= 11 is 5.88. The highest BCUT2D eigenvalue weighted by atomic mass is 35.5. The maximum Gasteiger partial charge on any atom is 0.405 e. The summed E-state index contributed by atoms with van der Waals surface area (Å²) in [4.78, 5) is 21.8. The maximum absolute atomic E-state index is 12.8. The zero-order valence-electron chi connectivity index (χ0n) is 13.9. The first-order valence-electron chi connectivity index (χ1n) is 7.65. The molecule has 1 aliphatic heterocycles. The standard InChI is InChI=1S/C14H15ClF3N3O5S/c1-8-10(15)5-9(6-12(8)21(23)24)27(25,26)20-4-2-3-11(20)13(22)19-7-14(16,17)18/h5-6,11H,2-4,7H2,1H3,(H,19,22). The molecule has 8 nitrogen and oxygen atoms in total. The minimum Gasteiger partial charge on any atom is -0.346 e. The highest BCUT2D eigenvalue weighted by Gasteiger charge is 2.41. The zero-order chi connectivity index (χ0) is 20.6. The highest BCUT2D eigenvalue weighted by Crippen LogP contribution is 2.33. The molecule has 1 fully saturated rings. The smallest absolute Gasteiger partial charge is 0.346 e. The van der Waals surface area contributed by atoms with Crippen LogP contribution < -0.4 is 5.32 Å². The van der Waals surface area contributed by atoms with Crippen LogP contribution in [0.5, 0.6) is 0 Å². The molecule has 1 saturated heterocycles. The molecule has 0 aliphatic carbocycles. The van der Waals surface area contributed by atoms with Gasteiger partial charge in [-0.25, -0.2) is 8.42 Å². The number of nitro groups is 1. The van der Waals surface area contributed by atoms with Gasteiger partial charge in [-0.15, -0.1) is 0 Å². The van der Waals surface area contributed by atoms with E-state index >= 15 is 0 Å². The second-order valence-electron chi connectivity index (χ2n) is 5.91. The van der Waals surface area contributed by atoms with Crippen molar-refractivity contribution in [3.63, 3.8) is 0 Å². The van der Waals surface area contributed by atoms with E-state index in [1.807, 2.05) is 0 Å². The Kier molecular flexibility index (Phi) is 6.02. The van der Waals surface area contributed by atoms with Crippen LogP contribution in [0.3, 0.4) is 0 Å². The summed E-state index contributed by atoms with van der Waals surface area (Å²) in [5.41, 5.74) is -0.445. The number of nitrogens with one attached hydrogen (secondary N) is 1. The van der Waals surface area contributed by atoms with Crippen LogP contribution in [-0.2, 0) is 14.8 Å². The number of benzene rings is 1. The lowest BCUT2D eigenvalue weighted by atomic mass is 10.2. The molecular weight excluding hydrogens is 415 g/mol. The molecule has 150 valence electrons. The molecule has 13 heteroatoms. The summed E-state index contributed by atoms with van der Waals surface area (Å²) in [6.45, 7) is -0.343. The third-order valence-corrected chi connectivity index (χ3v) is 6.34. The molecule has 0 bridgehead atoms. The molecule has 27 heavy (non-hydrogen) atoms. The van der Waals surface area contributed by atoms with Crippen molar-refractivity contribution in [3.8, 4) is 0 Å². The van der Waals surface area contributed by atoms with Crippen LogP contribution in [-0.4, -0.2) is 48.9 Å². The van der Waals surface area contributed by atoms with Gasteiger partial charge in [0.05, 0.1) is 14.8 Å². The number of carbonyl (C=O) groups excluding carboxylic acids is 1. The van der Waals surface area contributed by atoms with Gasteiger partial charge < -0.3 is 5.32 Å². The van der Waals surface area contributed by atoms with Crippen LogP contribution in [0, 0.1) is 17.0 Å². The van der Waals surface area contributed by atoms with E-state index < -0.39 is 50.2 Å². The lowest BCUT2D eigenvalue weighted by molar-refractivity contribution is -0.385. The Labute approximate surface area is 157 Å². The number of alkyl halides is 3.